The van der Waals surface area contributed by atoms with Crippen molar-refractivity contribution in [2.45, 2.75) is 336 Å². The monoisotopic (exact) mass is 1070 g/mol. The number of hydrogen-bond acceptors (Lipinski definition) is 5. The molecule has 76 heavy (non-hydrogen) atoms. The molecule has 0 aliphatic rings. The summed E-state index contributed by atoms with van der Waals surface area (Å²) in [7, 11) is 0. The highest BCUT2D eigenvalue weighted by Crippen LogP contribution is 2.48. The Labute approximate surface area is 469 Å². The highest BCUT2D eigenvalue weighted by Gasteiger charge is 2.57. The first-order chi connectivity index (χ1) is 37.0. The molecule has 0 aliphatic carbocycles. The lowest BCUT2D eigenvalue weighted by Crippen LogP contribution is -2.49. The summed E-state index contributed by atoms with van der Waals surface area (Å²) in [5, 5.41) is 27.5. The standard InChI is InChI=1S/C64H116O4.C4H6O4/c1-6-11-16-21-26-31-36-41-46-51-56-63(61(65)66,57-52-47-42-37-32-27-22-17-12-7-2)64(58-53-48-43-38-33-28-23-18-13-8-3,59-54-49-44-39-34-29-24-19-14-9-4)62(67)68-60-55-50-45-40-35-30-25-20-15-10-5;5-3(6)1-2-4(7)8/h51-60H,6-50H2,1-5H3,(H,65,66);1-2H2,(H,5,6)(H,7,8). The van der Waals surface area contributed by atoms with Crippen LogP contribution >= 0.6 is 0 Å². The average Bonchev–Trinajstić information content (AvgIpc) is 3.40. The lowest BCUT2D eigenvalue weighted by molar-refractivity contribution is -0.159. The predicted molar refractivity (Wildman–Crippen MR) is 325 cm³/mol. The third-order valence-corrected chi connectivity index (χ3v) is 14.8. The first kappa shape index (κ1) is 74.7. The highest BCUT2D eigenvalue weighted by molar-refractivity contribution is 5.94. The van der Waals surface area contributed by atoms with Crippen LogP contribution in [-0.2, 0) is 23.9 Å². The van der Waals surface area contributed by atoms with Crippen molar-refractivity contribution < 1.29 is 39.2 Å². The van der Waals surface area contributed by atoms with Gasteiger partial charge >= 0.3 is 23.9 Å². The van der Waals surface area contributed by atoms with Gasteiger partial charge in [-0.05, 0) is 70.3 Å². The van der Waals surface area contributed by atoms with Crippen molar-refractivity contribution in [3.63, 3.8) is 0 Å². The maximum Gasteiger partial charge on any atom is 0.326 e. The smallest absolute Gasteiger partial charge is 0.326 e. The van der Waals surface area contributed by atoms with Gasteiger partial charge in [-0.25, -0.2) is 0 Å². The van der Waals surface area contributed by atoms with Crippen LogP contribution < -0.4 is 0 Å². The van der Waals surface area contributed by atoms with E-state index in [-0.39, 0.29) is 12.8 Å². The van der Waals surface area contributed by atoms with Gasteiger partial charge in [0.05, 0.1) is 19.1 Å². The van der Waals surface area contributed by atoms with E-state index in [0.29, 0.717) is 0 Å². The van der Waals surface area contributed by atoms with Crippen molar-refractivity contribution in [1.82, 2.24) is 0 Å². The zero-order valence-corrected chi connectivity index (χ0v) is 50.4. The maximum atomic E-state index is 15.1. The molecule has 8 nitrogen and oxygen atoms in total. The van der Waals surface area contributed by atoms with Crippen molar-refractivity contribution in [3.8, 4) is 0 Å². The van der Waals surface area contributed by atoms with Crippen LogP contribution in [0.15, 0.2) is 60.9 Å². The fourth-order valence-corrected chi connectivity index (χ4v) is 9.83. The van der Waals surface area contributed by atoms with Crippen LogP contribution in [0.4, 0.5) is 0 Å². The Balaban J connectivity index is 0. The normalized spacial score (nSPS) is 13.5. The minimum Gasteiger partial charge on any atom is -0.481 e. The minimum atomic E-state index is -1.64. The van der Waals surface area contributed by atoms with Gasteiger partial charge in [-0.15, -0.1) is 0 Å². The number of hydrogen-bond donors (Lipinski definition) is 3. The fraction of sp³-hybridized carbons (Fsp3) is 0.794. The molecule has 0 saturated heterocycles. The average molecular weight is 1070 g/mol. The molecule has 0 radical (unpaired) electrons. The number of rotatable bonds is 56. The summed E-state index contributed by atoms with van der Waals surface area (Å²) in [5.41, 5.74) is -3.19. The summed E-state index contributed by atoms with van der Waals surface area (Å²) >= 11 is 0. The highest BCUT2D eigenvalue weighted by atomic mass is 16.5. The number of unbranched alkanes of at least 4 members (excludes halogenated alkanes) is 40. The van der Waals surface area contributed by atoms with Crippen molar-refractivity contribution in [3.05, 3.63) is 60.9 Å². The largest absolute Gasteiger partial charge is 0.481 e. The second-order valence-corrected chi connectivity index (χ2v) is 22.0. The Hall–Kier alpha value is -3.42. The van der Waals surface area contributed by atoms with E-state index in [9.17, 15) is 19.5 Å². The lowest BCUT2D eigenvalue weighted by atomic mass is 9.61. The number of aliphatic carboxylic acids is 3. The summed E-state index contributed by atoms with van der Waals surface area (Å²) in [5.74, 6) is -3.65. The molecule has 8 heteroatoms. The van der Waals surface area contributed by atoms with Crippen molar-refractivity contribution in [2.75, 3.05) is 0 Å². The quantitative estimate of drug-likeness (QED) is 0.0237. The Kier molecular flexibility index (Phi) is 56.7. The fourth-order valence-electron chi connectivity index (χ4n) is 9.83. The first-order valence-corrected chi connectivity index (χ1v) is 32.3. The summed E-state index contributed by atoms with van der Waals surface area (Å²) in [4.78, 5) is 48.7. The Morgan fingerprint density at radius 2 is 0.513 bits per heavy atom. The predicted octanol–water partition coefficient (Wildman–Crippen LogP) is 21.9. The molecule has 0 aliphatic heterocycles. The number of carbonyl (C=O) groups excluding carboxylic acids is 1. The van der Waals surface area contributed by atoms with Gasteiger partial charge in [-0.1, -0.05) is 308 Å². The first-order valence-electron chi connectivity index (χ1n) is 32.3. The summed E-state index contributed by atoms with van der Waals surface area (Å²) < 4.78 is 6.17. The van der Waals surface area contributed by atoms with Gasteiger partial charge in [0, 0.05) is 0 Å². The summed E-state index contributed by atoms with van der Waals surface area (Å²) in [6, 6.07) is 0. The van der Waals surface area contributed by atoms with Gasteiger partial charge < -0.3 is 20.1 Å². The molecule has 0 unspecified atom stereocenters. The lowest BCUT2D eigenvalue weighted by Gasteiger charge is -2.39. The van der Waals surface area contributed by atoms with Crippen LogP contribution in [0, 0.1) is 10.8 Å². The van der Waals surface area contributed by atoms with Crippen molar-refractivity contribution in [1.29, 1.82) is 0 Å². The van der Waals surface area contributed by atoms with E-state index in [1.807, 2.05) is 30.4 Å². The van der Waals surface area contributed by atoms with Gasteiger partial charge in [0.15, 0.2) is 0 Å². The third kappa shape index (κ3) is 44.5. The molecule has 3 N–H and O–H groups in total. The molecule has 0 saturated carbocycles. The van der Waals surface area contributed by atoms with Crippen LogP contribution in [0.5, 0.6) is 0 Å². The van der Waals surface area contributed by atoms with Crippen molar-refractivity contribution >= 4 is 23.9 Å². The Morgan fingerprint density at radius 3 is 0.737 bits per heavy atom. The number of carboxylic acid groups (broad SMARTS) is 3. The number of carbonyl (C=O) groups is 4. The molecule has 0 spiro atoms. The molecule has 0 fully saturated rings. The van der Waals surface area contributed by atoms with Gasteiger partial charge in [-0.2, -0.15) is 0 Å². The summed E-state index contributed by atoms with van der Waals surface area (Å²) in [6.45, 7) is 11.3. The van der Waals surface area contributed by atoms with Crippen LogP contribution in [0.1, 0.15) is 336 Å². The zero-order valence-electron chi connectivity index (χ0n) is 50.4. The van der Waals surface area contributed by atoms with Gasteiger partial charge in [-0.3, -0.25) is 19.2 Å². The molecule has 442 valence electrons. The molecule has 0 bridgehead atoms. The molecule has 0 rings (SSSR count). The van der Waals surface area contributed by atoms with Crippen LogP contribution in [-0.4, -0.2) is 39.2 Å². The van der Waals surface area contributed by atoms with E-state index in [1.54, 1.807) is 6.26 Å². The van der Waals surface area contributed by atoms with Crippen molar-refractivity contribution in [2.24, 2.45) is 10.8 Å². The minimum absolute atomic E-state index is 0.296. The number of esters is 1. The molecule has 0 amide bonds. The molecule has 0 heterocycles. The van der Waals surface area contributed by atoms with Gasteiger partial charge in [0.1, 0.15) is 10.8 Å². The Morgan fingerprint density at radius 1 is 0.303 bits per heavy atom. The van der Waals surface area contributed by atoms with Crippen LogP contribution in [0.25, 0.3) is 0 Å². The van der Waals surface area contributed by atoms with E-state index in [1.165, 1.54) is 199 Å². The van der Waals surface area contributed by atoms with Gasteiger partial charge in [0.25, 0.3) is 0 Å². The van der Waals surface area contributed by atoms with E-state index in [4.69, 9.17) is 14.9 Å². The van der Waals surface area contributed by atoms with E-state index >= 15 is 4.79 Å². The second-order valence-electron chi connectivity index (χ2n) is 22.0. The van der Waals surface area contributed by atoms with Crippen LogP contribution in [0.2, 0.25) is 0 Å². The number of carboxylic acids is 3. The zero-order chi connectivity index (χ0) is 56.3. The number of allylic oxidation sites excluding steroid dienone is 5. The topological polar surface area (TPSA) is 138 Å². The summed E-state index contributed by atoms with van der Waals surface area (Å²) in [6.07, 6.45) is 72.4. The molecule has 0 aromatic carbocycles. The van der Waals surface area contributed by atoms with E-state index in [0.717, 1.165) is 89.9 Å². The number of ether oxygens (including phenoxy) is 1. The molecular formula is C68H122O8. The SMILES string of the molecule is CCCCCCCCCCC=COC(=O)C(C=CCCCCCCCCCC)(C=CCCCCCCCCCC)C(C=CCCCCCCCCCC)(C=CCCCCCCCCCC)C(=O)O.O=C(O)CCC(=O)O. The third-order valence-electron chi connectivity index (χ3n) is 14.8. The maximum absolute atomic E-state index is 15.1. The van der Waals surface area contributed by atoms with Crippen LogP contribution in [0.3, 0.4) is 0 Å². The molecule has 0 aromatic heterocycles. The van der Waals surface area contributed by atoms with Gasteiger partial charge in [0.2, 0.25) is 0 Å². The molecule has 0 atom stereocenters. The Bertz CT molecular complexity index is 1400. The molecule has 0 aromatic rings. The van der Waals surface area contributed by atoms with E-state index in [2.05, 4.69) is 58.9 Å². The van der Waals surface area contributed by atoms with E-state index < -0.39 is 34.7 Å². The second kappa shape index (κ2) is 57.7. The molecular weight excluding hydrogens is 945 g/mol.